The normalized spacial score (nSPS) is 15.6. The predicted octanol–water partition coefficient (Wildman–Crippen LogP) is 2.38. The number of benzene rings is 2. The Hall–Kier alpha value is -3.93. The number of amides is 1. The molecule has 1 aliphatic heterocycles. The third-order valence-electron chi connectivity index (χ3n) is 5.70. The zero-order valence-electron chi connectivity index (χ0n) is 19.2. The summed E-state index contributed by atoms with van der Waals surface area (Å²) in [4.78, 5) is 39.3. The summed E-state index contributed by atoms with van der Waals surface area (Å²) in [5.74, 6) is -0.331. The summed E-state index contributed by atoms with van der Waals surface area (Å²) in [6, 6.07) is 10.3. The Bertz CT molecular complexity index is 1360. The summed E-state index contributed by atoms with van der Waals surface area (Å²) in [7, 11) is 1.46. The average Bonchev–Trinajstić information content (AvgIpc) is 3.39. The van der Waals surface area contributed by atoms with Gasteiger partial charge in [-0.15, -0.1) is 0 Å². The van der Waals surface area contributed by atoms with Gasteiger partial charge in [0.2, 0.25) is 5.69 Å². The second-order valence-electron chi connectivity index (χ2n) is 8.18. The van der Waals surface area contributed by atoms with Gasteiger partial charge in [-0.2, -0.15) is 23.0 Å². The van der Waals surface area contributed by atoms with Crippen LogP contribution in [0.5, 0.6) is 5.75 Å². The van der Waals surface area contributed by atoms with Crippen LogP contribution in [0.25, 0.3) is 5.69 Å². The zero-order chi connectivity index (χ0) is 25.9. The van der Waals surface area contributed by atoms with Gasteiger partial charge in [0.1, 0.15) is 5.75 Å². The molecule has 9 nitrogen and oxygen atoms in total. The molecule has 0 radical (unpaired) electrons. The molecule has 0 bridgehead atoms. The van der Waals surface area contributed by atoms with Gasteiger partial charge >= 0.3 is 11.9 Å². The van der Waals surface area contributed by atoms with Crippen LogP contribution in [-0.2, 0) is 17.5 Å². The number of carbonyl (C=O) groups excluding carboxylic acids is 1. The number of carbonyl (C=O) groups is 1. The van der Waals surface area contributed by atoms with Gasteiger partial charge < -0.3 is 14.8 Å². The summed E-state index contributed by atoms with van der Waals surface area (Å²) >= 11 is 0. The first kappa shape index (κ1) is 25.2. The fourth-order valence-corrected chi connectivity index (χ4v) is 3.81. The molecule has 1 amide bonds. The molecule has 1 saturated heterocycles. The Morgan fingerprint density at radius 1 is 1.19 bits per heavy atom. The van der Waals surface area contributed by atoms with Crippen LogP contribution < -0.4 is 21.3 Å². The van der Waals surface area contributed by atoms with Gasteiger partial charge in [-0.1, -0.05) is 12.1 Å². The number of nitrogens with one attached hydrogen (secondary N) is 1. The van der Waals surface area contributed by atoms with E-state index in [4.69, 9.17) is 9.47 Å². The SMILES string of the molecule is COc1cccc(Cn2c(=O)c(C(=O)NCC3CCCO3)nn(-c3ccc(C(F)(F)F)cc3)c2=O)c1. The summed E-state index contributed by atoms with van der Waals surface area (Å²) in [5, 5.41) is 6.52. The molecule has 0 saturated carbocycles. The van der Waals surface area contributed by atoms with Crippen molar-refractivity contribution in [2.45, 2.75) is 31.7 Å². The second kappa shape index (κ2) is 10.4. The smallest absolute Gasteiger partial charge is 0.416 e. The van der Waals surface area contributed by atoms with E-state index in [-0.39, 0.29) is 24.9 Å². The third kappa shape index (κ3) is 5.48. The Balaban J connectivity index is 1.77. The molecule has 2 heterocycles. The molecule has 4 rings (SSSR count). The number of aromatic nitrogens is 3. The van der Waals surface area contributed by atoms with Crippen LogP contribution in [-0.4, -0.2) is 46.6 Å². The summed E-state index contributed by atoms with van der Waals surface area (Å²) in [6.07, 6.45) is -3.17. The first-order valence-electron chi connectivity index (χ1n) is 11.1. The van der Waals surface area contributed by atoms with Crippen molar-refractivity contribution in [1.29, 1.82) is 0 Å². The summed E-state index contributed by atoms with van der Waals surface area (Å²) in [6.45, 7) is 0.504. The number of nitrogens with zero attached hydrogens (tertiary/aromatic N) is 3. The molecule has 1 aromatic heterocycles. The number of alkyl halides is 3. The molecule has 0 aliphatic carbocycles. The second-order valence-corrected chi connectivity index (χ2v) is 8.18. The topological polar surface area (TPSA) is 104 Å². The molecule has 1 unspecified atom stereocenters. The molecular weight excluding hydrogens is 481 g/mol. The van der Waals surface area contributed by atoms with Gasteiger partial charge in [-0.3, -0.25) is 14.2 Å². The Kier molecular flexibility index (Phi) is 7.25. The fourth-order valence-electron chi connectivity index (χ4n) is 3.81. The fraction of sp³-hybridized carbons (Fsp3) is 0.333. The highest BCUT2D eigenvalue weighted by molar-refractivity contribution is 5.91. The summed E-state index contributed by atoms with van der Waals surface area (Å²) in [5.41, 5.74) is -2.85. The van der Waals surface area contributed by atoms with Gasteiger partial charge in [0, 0.05) is 13.2 Å². The van der Waals surface area contributed by atoms with Crippen molar-refractivity contribution in [3.05, 3.63) is 86.2 Å². The summed E-state index contributed by atoms with van der Waals surface area (Å²) < 4.78 is 51.2. The Morgan fingerprint density at radius 3 is 2.58 bits per heavy atom. The molecule has 36 heavy (non-hydrogen) atoms. The van der Waals surface area contributed by atoms with Crippen LogP contribution in [0.3, 0.4) is 0 Å². The third-order valence-corrected chi connectivity index (χ3v) is 5.70. The van der Waals surface area contributed by atoms with E-state index in [2.05, 4.69) is 10.4 Å². The maximum Gasteiger partial charge on any atom is 0.416 e. The highest BCUT2D eigenvalue weighted by Crippen LogP contribution is 2.29. The van der Waals surface area contributed by atoms with Crippen molar-refractivity contribution in [3.63, 3.8) is 0 Å². The minimum absolute atomic E-state index is 0.0411. The van der Waals surface area contributed by atoms with Crippen LogP contribution >= 0.6 is 0 Å². The molecule has 3 aromatic rings. The number of halogens is 3. The lowest BCUT2D eigenvalue weighted by molar-refractivity contribution is -0.137. The monoisotopic (exact) mass is 504 g/mol. The van der Waals surface area contributed by atoms with Crippen LogP contribution in [0, 0.1) is 0 Å². The number of ether oxygens (including phenoxy) is 2. The molecule has 12 heteroatoms. The molecule has 2 aromatic carbocycles. The first-order chi connectivity index (χ1) is 17.2. The average molecular weight is 504 g/mol. The highest BCUT2D eigenvalue weighted by Gasteiger charge is 2.30. The van der Waals surface area contributed by atoms with E-state index < -0.39 is 34.6 Å². The molecular formula is C24H23F3N4O5. The van der Waals surface area contributed by atoms with Crippen LogP contribution in [0.1, 0.15) is 34.5 Å². The van der Waals surface area contributed by atoms with E-state index in [0.717, 1.165) is 46.4 Å². The van der Waals surface area contributed by atoms with Crippen LogP contribution in [0.4, 0.5) is 13.2 Å². The van der Waals surface area contributed by atoms with Crippen molar-refractivity contribution in [3.8, 4) is 11.4 Å². The lowest BCUT2D eigenvalue weighted by Gasteiger charge is -2.14. The minimum atomic E-state index is -4.57. The molecule has 1 atom stereocenters. The zero-order valence-corrected chi connectivity index (χ0v) is 19.2. The van der Waals surface area contributed by atoms with E-state index in [0.29, 0.717) is 17.9 Å². The maximum absolute atomic E-state index is 13.2. The number of rotatable bonds is 7. The van der Waals surface area contributed by atoms with E-state index in [1.54, 1.807) is 24.3 Å². The van der Waals surface area contributed by atoms with E-state index >= 15 is 0 Å². The maximum atomic E-state index is 13.2. The van der Waals surface area contributed by atoms with Crippen molar-refractivity contribution in [2.24, 2.45) is 0 Å². The van der Waals surface area contributed by atoms with Crippen molar-refractivity contribution in [2.75, 3.05) is 20.3 Å². The van der Waals surface area contributed by atoms with E-state index in [1.165, 1.54) is 7.11 Å². The van der Waals surface area contributed by atoms with Gasteiger partial charge in [-0.25, -0.2) is 4.79 Å². The quantitative estimate of drug-likeness (QED) is 0.530. The van der Waals surface area contributed by atoms with E-state index in [9.17, 15) is 27.6 Å². The van der Waals surface area contributed by atoms with Crippen molar-refractivity contribution in [1.82, 2.24) is 19.7 Å². The van der Waals surface area contributed by atoms with Gasteiger partial charge in [-0.05, 0) is 54.8 Å². The molecule has 1 fully saturated rings. The lowest BCUT2D eigenvalue weighted by atomic mass is 10.2. The van der Waals surface area contributed by atoms with Gasteiger partial charge in [0.05, 0.1) is 31.0 Å². The highest BCUT2D eigenvalue weighted by atomic mass is 19.4. The number of hydrogen-bond acceptors (Lipinski definition) is 6. The minimum Gasteiger partial charge on any atom is -0.497 e. The molecule has 190 valence electrons. The molecule has 1 aliphatic rings. The van der Waals surface area contributed by atoms with Crippen molar-refractivity contribution >= 4 is 5.91 Å². The number of methoxy groups -OCH3 is 1. The molecule has 1 N–H and O–H groups in total. The first-order valence-corrected chi connectivity index (χ1v) is 11.1. The van der Waals surface area contributed by atoms with Crippen LogP contribution in [0.15, 0.2) is 58.1 Å². The van der Waals surface area contributed by atoms with Gasteiger partial charge in [0.15, 0.2) is 0 Å². The predicted molar refractivity (Wildman–Crippen MR) is 122 cm³/mol. The van der Waals surface area contributed by atoms with Crippen LogP contribution in [0.2, 0.25) is 0 Å². The largest absolute Gasteiger partial charge is 0.497 e. The van der Waals surface area contributed by atoms with Gasteiger partial charge in [0.25, 0.3) is 11.5 Å². The Labute approximate surface area is 203 Å². The van der Waals surface area contributed by atoms with Crippen molar-refractivity contribution < 1.29 is 27.4 Å². The molecule has 0 spiro atoms. The number of hydrogen-bond donors (Lipinski definition) is 1. The Morgan fingerprint density at radius 2 is 1.94 bits per heavy atom. The lowest BCUT2D eigenvalue weighted by Crippen LogP contribution is -2.46. The van der Waals surface area contributed by atoms with E-state index in [1.807, 2.05) is 0 Å². The standard InChI is InChI=1S/C24H23F3N4O5/c1-35-18-5-2-4-15(12-18)14-30-22(33)20(21(32)28-13-19-6-3-11-36-19)29-31(23(30)34)17-9-7-16(8-10-17)24(25,26)27/h2,4-5,7-10,12,19H,3,6,11,13-14H2,1H3,(H,28,32).